The third-order valence-electron chi connectivity index (χ3n) is 5.05. The molecule has 9 heteroatoms. The molecule has 0 aliphatic carbocycles. The van der Waals surface area contributed by atoms with Crippen molar-refractivity contribution >= 4 is 46.1 Å². The predicted molar refractivity (Wildman–Crippen MR) is 126 cm³/mol. The van der Waals surface area contributed by atoms with Crippen LogP contribution in [0.25, 0.3) is 11.0 Å². The van der Waals surface area contributed by atoms with E-state index in [0.29, 0.717) is 11.1 Å². The molecule has 0 spiro atoms. The molecular formula is C21H28N8S. The van der Waals surface area contributed by atoms with Gasteiger partial charge in [0.05, 0.1) is 6.20 Å². The second-order valence-corrected chi connectivity index (χ2v) is 9.22. The van der Waals surface area contributed by atoms with Gasteiger partial charge in [-0.25, -0.2) is 19.9 Å². The lowest BCUT2D eigenvalue weighted by Gasteiger charge is -2.32. The molecule has 2 aromatic heterocycles. The Morgan fingerprint density at radius 3 is 2.63 bits per heavy atom. The first-order chi connectivity index (χ1) is 14.5. The lowest BCUT2D eigenvalue weighted by Crippen LogP contribution is -2.45. The highest BCUT2D eigenvalue weighted by Crippen LogP contribution is 2.28. The normalized spacial score (nSPS) is 15.0. The van der Waals surface area contributed by atoms with Crippen molar-refractivity contribution in [3.05, 3.63) is 36.3 Å². The molecule has 0 atom stereocenters. The van der Waals surface area contributed by atoms with Crippen molar-refractivity contribution in [1.29, 1.82) is 0 Å². The van der Waals surface area contributed by atoms with Crippen molar-refractivity contribution in [1.82, 2.24) is 24.8 Å². The summed E-state index contributed by atoms with van der Waals surface area (Å²) in [5, 5.41) is 3.96. The topological polar surface area (TPSA) is 82.1 Å². The number of hydrogen-bond donors (Lipinski definition) is 2. The van der Waals surface area contributed by atoms with Crippen molar-refractivity contribution in [3.8, 4) is 0 Å². The molecule has 0 bridgehead atoms. The van der Waals surface area contributed by atoms with Crippen LogP contribution in [-0.4, -0.2) is 63.3 Å². The van der Waals surface area contributed by atoms with Crippen molar-refractivity contribution in [2.24, 2.45) is 0 Å². The molecule has 0 radical (unpaired) electrons. The van der Waals surface area contributed by atoms with Gasteiger partial charge in [-0.15, -0.1) is 0 Å². The minimum atomic E-state index is 0.498. The van der Waals surface area contributed by atoms with E-state index in [0.717, 1.165) is 60.1 Å². The summed E-state index contributed by atoms with van der Waals surface area (Å²) in [6.07, 6.45) is 3.34. The molecule has 2 N–H and O–H groups in total. The quantitative estimate of drug-likeness (QED) is 0.576. The molecule has 0 unspecified atom stereocenters. The number of fused-ring (bicyclic) bond motifs is 1. The SMILES string of the molecule is Cc1ccc(NSC(C)C)cc1Nc1ncnc2cnc(N3CCN(C)CC3)nc12. The van der Waals surface area contributed by atoms with Crippen molar-refractivity contribution < 1.29 is 0 Å². The van der Waals surface area contributed by atoms with Gasteiger partial charge in [0.25, 0.3) is 0 Å². The molecule has 0 amide bonds. The van der Waals surface area contributed by atoms with Gasteiger partial charge in [0.2, 0.25) is 5.95 Å². The molecule has 1 aliphatic heterocycles. The van der Waals surface area contributed by atoms with Crippen LogP contribution in [0.1, 0.15) is 19.4 Å². The van der Waals surface area contributed by atoms with E-state index in [1.54, 1.807) is 24.5 Å². The minimum Gasteiger partial charge on any atom is -0.338 e. The lowest BCUT2D eigenvalue weighted by atomic mass is 10.2. The molecule has 0 saturated carbocycles. The van der Waals surface area contributed by atoms with Crippen molar-refractivity contribution in [2.45, 2.75) is 26.0 Å². The van der Waals surface area contributed by atoms with Crippen LogP contribution in [-0.2, 0) is 0 Å². The molecule has 1 aliphatic rings. The number of hydrogen-bond acceptors (Lipinski definition) is 9. The highest BCUT2D eigenvalue weighted by molar-refractivity contribution is 8.01. The van der Waals surface area contributed by atoms with Crippen LogP contribution in [0.5, 0.6) is 0 Å². The zero-order chi connectivity index (χ0) is 21.1. The molecule has 1 saturated heterocycles. The summed E-state index contributed by atoms with van der Waals surface area (Å²) in [6.45, 7) is 10.2. The number of likely N-dealkylation sites (N-methyl/N-ethyl adjacent to an activating group) is 1. The Kier molecular flexibility index (Phi) is 6.19. The highest BCUT2D eigenvalue weighted by atomic mass is 32.2. The second-order valence-electron chi connectivity index (χ2n) is 7.84. The molecule has 3 heterocycles. The van der Waals surface area contributed by atoms with Crippen LogP contribution in [0.2, 0.25) is 0 Å². The fraction of sp³-hybridized carbons (Fsp3) is 0.429. The van der Waals surface area contributed by atoms with Crippen molar-refractivity contribution in [2.75, 3.05) is 48.2 Å². The molecule has 158 valence electrons. The Labute approximate surface area is 181 Å². The number of aromatic nitrogens is 4. The number of aryl methyl sites for hydroxylation is 1. The van der Waals surface area contributed by atoms with E-state index in [2.05, 4.69) is 80.8 Å². The van der Waals surface area contributed by atoms with Crippen LogP contribution in [0.4, 0.5) is 23.1 Å². The summed E-state index contributed by atoms with van der Waals surface area (Å²) in [7, 11) is 2.14. The van der Waals surface area contributed by atoms with Gasteiger partial charge in [0.15, 0.2) is 5.82 Å². The standard InChI is InChI=1S/C21H28N8S/c1-14(2)30-27-16-6-5-15(3)17(11-16)25-20-19-18(23-13-24-20)12-22-21(26-19)29-9-7-28(4)8-10-29/h5-6,11-14,27H,7-10H2,1-4H3,(H,23,24,25). The molecule has 4 rings (SSSR count). The van der Waals surface area contributed by atoms with E-state index in [1.165, 1.54) is 0 Å². The molecule has 8 nitrogen and oxygen atoms in total. The molecular weight excluding hydrogens is 396 g/mol. The smallest absolute Gasteiger partial charge is 0.226 e. The predicted octanol–water partition coefficient (Wildman–Crippen LogP) is 3.69. The zero-order valence-electron chi connectivity index (χ0n) is 17.9. The molecule has 3 aromatic rings. The van der Waals surface area contributed by atoms with E-state index < -0.39 is 0 Å². The van der Waals surface area contributed by atoms with Crippen molar-refractivity contribution in [3.63, 3.8) is 0 Å². The highest BCUT2D eigenvalue weighted by Gasteiger charge is 2.18. The zero-order valence-corrected chi connectivity index (χ0v) is 18.7. The maximum atomic E-state index is 4.82. The maximum Gasteiger partial charge on any atom is 0.226 e. The van der Waals surface area contributed by atoms with Gasteiger partial charge >= 0.3 is 0 Å². The summed E-state index contributed by atoms with van der Waals surface area (Å²) < 4.78 is 3.40. The fourth-order valence-corrected chi connectivity index (χ4v) is 3.73. The Morgan fingerprint density at radius 2 is 1.87 bits per heavy atom. The minimum absolute atomic E-state index is 0.498. The average molecular weight is 425 g/mol. The Morgan fingerprint density at radius 1 is 1.07 bits per heavy atom. The molecule has 1 aromatic carbocycles. The van der Waals surface area contributed by atoms with Gasteiger partial charge in [-0.2, -0.15) is 0 Å². The number of benzene rings is 1. The van der Waals surface area contributed by atoms with Gasteiger partial charge in [-0.1, -0.05) is 19.9 Å². The fourth-order valence-electron chi connectivity index (χ4n) is 3.23. The number of rotatable bonds is 6. The first-order valence-corrected chi connectivity index (χ1v) is 11.1. The summed E-state index contributed by atoms with van der Waals surface area (Å²) in [4.78, 5) is 22.7. The van der Waals surface area contributed by atoms with Gasteiger partial charge in [-0.05, 0) is 43.6 Å². The second kappa shape index (κ2) is 9.01. The summed E-state index contributed by atoms with van der Waals surface area (Å²) in [6, 6.07) is 6.28. The van der Waals surface area contributed by atoms with Crippen LogP contribution >= 0.6 is 11.9 Å². The first kappa shape index (κ1) is 20.6. The Bertz CT molecular complexity index is 1020. The maximum absolute atomic E-state index is 4.82. The van der Waals surface area contributed by atoms with Gasteiger partial charge in [0.1, 0.15) is 17.4 Å². The van der Waals surface area contributed by atoms with Gasteiger partial charge in [-0.3, -0.25) is 0 Å². The third kappa shape index (κ3) is 4.73. The van der Waals surface area contributed by atoms with E-state index in [4.69, 9.17) is 4.98 Å². The average Bonchev–Trinajstić information content (AvgIpc) is 2.74. The number of anilines is 4. The number of nitrogens with zero attached hydrogens (tertiary/aromatic N) is 6. The van der Waals surface area contributed by atoms with Crippen LogP contribution in [0, 0.1) is 6.92 Å². The van der Waals surface area contributed by atoms with Gasteiger partial charge < -0.3 is 19.8 Å². The molecule has 1 fully saturated rings. The van der Waals surface area contributed by atoms with Crippen LogP contribution in [0.15, 0.2) is 30.7 Å². The molecule has 30 heavy (non-hydrogen) atoms. The van der Waals surface area contributed by atoms with E-state index >= 15 is 0 Å². The summed E-state index contributed by atoms with van der Waals surface area (Å²) >= 11 is 1.69. The Hall–Kier alpha value is -2.65. The van der Waals surface area contributed by atoms with E-state index in [9.17, 15) is 0 Å². The van der Waals surface area contributed by atoms with Crippen LogP contribution < -0.4 is 14.9 Å². The first-order valence-electron chi connectivity index (χ1n) is 10.2. The summed E-state index contributed by atoms with van der Waals surface area (Å²) in [5.74, 6) is 1.42. The van der Waals surface area contributed by atoms with Gasteiger partial charge in [0, 0.05) is 42.8 Å². The monoisotopic (exact) mass is 424 g/mol. The van der Waals surface area contributed by atoms with E-state index in [1.807, 2.05) is 0 Å². The summed E-state index contributed by atoms with van der Waals surface area (Å²) in [5.41, 5.74) is 4.63. The third-order valence-corrected chi connectivity index (χ3v) is 5.88. The number of nitrogens with one attached hydrogen (secondary N) is 2. The lowest BCUT2D eigenvalue weighted by molar-refractivity contribution is 0.311. The Balaban J connectivity index is 1.62. The number of piperazine rings is 1. The largest absolute Gasteiger partial charge is 0.338 e. The van der Waals surface area contributed by atoms with Crippen LogP contribution in [0.3, 0.4) is 0 Å². The van der Waals surface area contributed by atoms with E-state index in [-0.39, 0.29) is 0 Å².